The number of hydrogen-bond donors (Lipinski definition) is 3. The number of nitrogens with zero attached hydrogens (tertiary/aromatic N) is 2. The van der Waals surface area contributed by atoms with Gasteiger partial charge in [0.05, 0.1) is 12.7 Å². The van der Waals surface area contributed by atoms with E-state index >= 15 is 0 Å². The molecule has 1 aromatic heterocycles. The summed E-state index contributed by atoms with van der Waals surface area (Å²) in [5, 5.41) is 14.7. The molecule has 106 valence electrons. The van der Waals surface area contributed by atoms with E-state index in [1.54, 1.807) is 0 Å². The zero-order chi connectivity index (χ0) is 14.8. The predicted molar refractivity (Wildman–Crippen MR) is 67.1 cm³/mol. The number of carboxylic acids is 1. The molecule has 0 amide bonds. The number of carbonyl (C=O) groups is 1. The third kappa shape index (κ3) is 2.69. The van der Waals surface area contributed by atoms with Crippen LogP contribution >= 0.6 is 0 Å². The zero-order valence-electron chi connectivity index (χ0n) is 10.2. The maximum atomic E-state index is 12.2. The number of aromatic carboxylic acids is 1. The standard InChI is InChI=1S/C10H10N4O5S/c1-19-7-3-2-6(9(15)16)4-8(7)20(17,18)14-10-11-5-12-13-10/h2-5H,1H3,(H,15,16)(H2,11,12,13,14). The van der Waals surface area contributed by atoms with Crippen molar-refractivity contribution in [1.29, 1.82) is 0 Å². The monoisotopic (exact) mass is 298 g/mol. The number of sulfonamides is 1. The number of carboxylic acid groups (broad SMARTS) is 1. The summed E-state index contributed by atoms with van der Waals surface area (Å²) < 4.78 is 31.4. The number of hydrogen-bond acceptors (Lipinski definition) is 6. The molecule has 0 bridgehead atoms. The number of H-pyrrole nitrogens is 1. The molecule has 0 spiro atoms. The van der Waals surface area contributed by atoms with Gasteiger partial charge >= 0.3 is 5.97 Å². The summed E-state index contributed by atoms with van der Waals surface area (Å²) in [5.74, 6) is -1.32. The Morgan fingerprint density at radius 1 is 1.45 bits per heavy atom. The molecule has 9 nitrogen and oxygen atoms in total. The van der Waals surface area contributed by atoms with Crippen molar-refractivity contribution in [3.63, 3.8) is 0 Å². The van der Waals surface area contributed by atoms with Gasteiger partial charge in [-0.1, -0.05) is 0 Å². The van der Waals surface area contributed by atoms with Gasteiger partial charge in [0.1, 0.15) is 17.0 Å². The van der Waals surface area contributed by atoms with Gasteiger partial charge in [0.15, 0.2) is 0 Å². The average Bonchev–Trinajstić information content (AvgIpc) is 2.90. The van der Waals surface area contributed by atoms with E-state index in [1.165, 1.54) is 19.2 Å². The van der Waals surface area contributed by atoms with E-state index in [4.69, 9.17) is 9.84 Å². The van der Waals surface area contributed by atoms with Gasteiger partial charge in [-0.05, 0) is 18.2 Å². The first-order valence-electron chi connectivity index (χ1n) is 5.23. The number of methoxy groups -OCH3 is 1. The quantitative estimate of drug-likeness (QED) is 0.723. The molecule has 10 heteroatoms. The first-order valence-corrected chi connectivity index (χ1v) is 6.72. The van der Waals surface area contributed by atoms with Crippen LogP contribution in [0.5, 0.6) is 5.75 Å². The van der Waals surface area contributed by atoms with Crippen molar-refractivity contribution in [2.75, 3.05) is 11.8 Å². The summed E-state index contributed by atoms with van der Waals surface area (Å²) in [6.07, 6.45) is 1.13. The van der Waals surface area contributed by atoms with Crippen molar-refractivity contribution >= 4 is 21.9 Å². The molecule has 2 aromatic rings. The van der Waals surface area contributed by atoms with E-state index in [-0.39, 0.29) is 22.2 Å². The first kappa shape index (κ1) is 13.8. The Bertz CT molecular complexity index is 726. The van der Waals surface area contributed by atoms with Crippen LogP contribution in [0.4, 0.5) is 5.95 Å². The van der Waals surface area contributed by atoms with Crippen LogP contribution in [0.15, 0.2) is 29.4 Å². The van der Waals surface area contributed by atoms with Crippen LogP contribution in [-0.4, -0.2) is 41.8 Å². The second kappa shape index (κ2) is 5.17. The van der Waals surface area contributed by atoms with Crippen LogP contribution in [0.3, 0.4) is 0 Å². The Balaban J connectivity index is 2.48. The minimum atomic E-state index is -4.05. The topological polar surface area (TPSA) is 134 Å². The van der Waals surface area contributed by atoms with Gasteiger partial charge in [-0.3, -0.25) is 0 Å². The Kier molecular flexibility index (Phi) is 3.57. The molecule has 0 fully saturated rings. The molecule has 2 rings (SSSR count). The summed E-state index contributed by atoms with van der Waals surface area (Å²) in [6, 6.07) is 3.51. The van der Waals surface area contributed by atoms with Crippen LogP contribution in [0.1, 0.15) is 10.4 Å². The van der Waals surface area contributed by atoms with Gasteiger partial charge in [0, 0.05) is 0 Å². The highest BCUT2D eigenvalue weighted by Crippen LogP contribution is 2.26. The summed E-state index contributed by atoms with van der Waals surface area (Å²) in [6.45, 7) is 0. The van der Waals surface area contributed by atoms with Gasteiger partial charge in [0.2, 0.25) is 5.95 Å². The minimum absolute atomic E-state index is 0.0158. The molecule has 0 radical (unpaired) electrons. The molecular weight excluding hydrogens is 288 g/mol. The second-order valence-corrected chi connectivity index (χ2v) is 5.26. The summed E-state index contributed by atoms with van der Waals surface area (Å²) >= 11 is 0. The Hall–Kier alpha value is -2.62. The van der Waals surface area contributed by atoms with Crippen molar-refractivity contribution in [3.8, 4) is 5.75 Å². The zero-order valence-corrected chi connectivity index (χ0v) is 11.0. The maximum absolute atomic E-state index is 12.2. The lowest BCUT2D eigenvalue weighted by atomic mass is 10.2. The van der Waals surface area contributed by atoms with Gasteiger partial charge in [0.25, 0.3) is 10.0 Å². The fourth-order valence-corrected chi connectivity index (χ4v) is 2.62. The molecule has 1 aromatic carbocycles. The number of benzene rings is 1. The number of ether oxygens (including phenoxy) is 1. The largest absolute Gasteiger partial charge is 0.495 e. The molecule has 0 aliphatic carbocycles. The maximum Gasteiger partial charge on any atom is 0.335 e. The van der Waals surface area contributed by atoms with Crippen LogP contribution < -0.4 is 9.46 Å². The highest BCUT2D eigenvalue weighted by Gasteiger charge is 2.22. The lowest BCUT2D eigenvalue weighted by molar-refractivity contribution is 0.0696. The summed E-state index contributed by atoms with van der Waals surface area (Å²) in [4.78, 5) is 14.2. The van der Waals surface area contributed by atoms with E-state index in [1.807, 2.05) is 0 Å². The third-order valence-corrected chi connectivity index (χ3v) is 3.71. The van der Waals surface area contributed by atoms with E-state index in [0.717, 1.165) is 12.4 Å². The van der Waals surface area contributed by atoms with E-state index in [2.05, 4.69) is 19.9 Å². The van der Waals surface area contributed by atoms with Crippen molar-refractivity contribution in [2.24, 2.45) is 0 Å². The van der Waals surface area contributed by atoms with Crippen LogP contribution in [0, 0.1) is 0 Å². The molecule has 0 unspecified atom stereocenters. The number of aromatic amines is 1. The molecular formula is C10H10N4O5S. The molecule has 0 atom stereocenters. The van der Waals surface area contributed by atoms with E-state index < -0.39 is 16.0 Å². The molecule has 1 heterocycles. The number of anilines is 1. The highest BCUT2D eigenvalue weighted by molar-refractivity contribution is 7.92. The molecule has 3 N–H and O–H groups in total. The smallest absolute Gasteiger partial charge is 0.335 e. The number of nitrogens with one attached hydrogen (secondary N) is 2. The Labute approximate surface area is 113 Å². The van der Waals surface area contributed by atoms with E-state index in [9.17, 15) is 13.2 Å². The van der Waals surface area contributed by atoms with Crippen LogP contribution in [0.25, 0.3) is 0 Å². The predicted octanol–water partition coefficient (Wildman–Crippen LogP) is 0.312. The average molecular weight is 298 g/mol. The lowest BCUT2D eigenvalue weighted by Gasteiger charge is -2.10. The van der Waals surface area contributed by atoms with Crippen LogP contribution in [-0.2, 0) is 10.0 Å². The molecule has 0 aliphatic heterocycles. The molecule has 20 heavy (non-hydrogen) atoms. The van der Waals surface area contributed by atoms with Crippen LogP contribution in [0.2, 0.25) is 0 Å². The third-order valence-electron chi connectivity index (χ3n) is 2.35. The highest BCUT2D eigenvalue weighted by atomic mass is 32.2. The number of rotatable bonds is 5. The van der Waals surface area contributed by atoms with E-state index in [0.29, 0.717) is 0 Å². The Morgan fingerprint density at radius 3 is 2.75 bits per heavy atom. The Morgan fingerprint density at radius 2 is 2.20 bits per heavy atom. The van der Waals surface area contributed by atoms with Gasteiger partial charge in [-0.15, -0.1) is 0 Å². The summed E-state index contributed by atoms with van der Waals surface area (Å²) in [5.41, 5.74) is -0.177. The minimum Gasteiger partial charge on any atom is -0.495 e. The van der Waals surface area contributed by atoms with Crippen molar-refractivity contribution in [1.82, 2.24) is 15.2 Å². The summed E-state index contributed by atoms with van der Waals surface area (Å²) in [7, 11) is -2.77. The van der Waals surface area contributed by atoms with Crippen molar-refractivity contribution < 1.29 is 23.1 Å². The first-order chi connectivity index (χ1) is 9.44. The fraction of sp³-hybridized carbons (Fsp3) is 0.100. The molecule has 0 aliphatic rings. The van der Waals surface area contributed by atoms with Crippen molar-refractivity contribution in [2.45, 2.75) is 4.90 Å². The fourth-order valence-electron chi connectivity index (χ4n) is 1.46. The number of aromatic nitrogens is 3. The van der Waals surface area contributed by atoms with Crippen molar-refractivity contribution in [3.05, 3.63) is 30.1 Å². The lowest BCUT2D eigenvalue weighted by Crippen LogP contribution is -2.16. The molecule has 0 saturated carbocycles. The second-order valence-electron chi connectivity index (χ2n) is 3.61. The SMILES string of the molecule is COc1ccc(C(=O)O)cc1S(=O)(=O)Nc1ncn[nH]1. The van der Waals surface area contributed by atoms with Gasteiger partial charge < -0.3 is 9.84 Å². The van der Waals surface area contributed by atoms with Gasteiger partial charge in [-0.25, -0.2) is 23.0 Å². The van der Waals surface area contributed by atoms with Gasteiger partial charge in [-0.2, -0.15) is 10.1 Å². The molecule has 0 saturated heterocycles. The normalized spacial score (nSPS) is 11.1.